The van der Waals surface area contributed by atoms with Gasteiger partial charge in [0.2, 0.25) is 26.6 Å². The second-order valence-electron chi connectivity index (χ2n) is 10.2. The Kier molecular flexibility index (Phi) is 8.08. The molecule has 8 heteroatoms. The summed E-state index contributed by atoms with van der Waals surface area (Å²) in [6.07, 6.45) is 0. The van der Waals surface area contributed by atoms with Crippen LogP contribution in [0.1, 0.15) is 24.1 Å². The van der Waals surface area contributed by atoms with Crippen molar-refractivity contribution < 1.29 is 17.6 Å². The van der Waals surface area contributed by atoms with E-state index in [-0.39, 0.29) is 27.7 Å². The molecule has 1 aromatic heterocycles. The molecule has 0 amide bonds. The lowest BCUT2D eigenvalue weighted by molar-refractivity contribution is 0.209. The molecule has 2 heterocycles. The Morgan fingerprint density at radius 3 is 1.86 bits per heavy atom. The molecule has 0 spiro atoms. The Morgan fingerprint density at radius 1 is 0.762 bits per heavy atom. The van der Waals surface area contributed by atoms with E-state index in [0.29, 0.717) is 25.3 Å². The van der Waals surface area contributed by atoms with Crippen LogP contribution in [-0.2, 0) is 9.84 Å². The van der Waals surface area contributed by atoms with Gasteiger partial charge in [-0.15, -0.1) is 0 Å². The lowest BCUT2D eigenvalue weighted by Crippen LogP contribution is -2.48. The fraction of sp³-hybridized carbons (Fsp3) is 0.206. The number of nitrogens with zero attached hydrogens (tertiary/aromatic N) is 3. The number of sulfone groups is 1. The first-order chi connectivity index (χ1) is 20.5. The summed E-state index contributed by atoms with van der Waals surface area (Å²) < 4.78 is 39.5. The van der Waals surface area contributed by atoms with Crippen LogP contribution in [-0.4, -0.2) is 51.1 Å². The van der Waals surface area contributed by atoms with Crippen molar-refractivity contribution in [3.63, 3.8) is 0 Å². The molecule has 0 aliphatic carbocycles. The van der Waals surface area contributed by atoms with Crippen molar-refractivity contribution in [2.24, 2.45) is 0 Å². The summed E-state index contributed by atoms with van der Waals surface area (Å²) in [6.45, 7) is 5.10. The minimum Gasteiger partial charge on any atom is -0.494 e. The first kappa shape index (κ1) is 27.8. The Morgan fingerprint density at radius 2 is 1.31 bits per heavy atom. The molecule has 1 aliphatic rings. The quantitative estimate of drug-likeness (QED) is 0.198. The Labute approximate surface area is 246 Å². The Bertz CT molecular complexity index is 1660. The van der Waals surface area contributed by atoms with E-state index < -0.39 is 9.84 Å². The van der Waals surface area contributed by atoms with Gasteiger partial charge < -0.3 is 14.1 Å². The number of oxazole rings is 1. The number of hydrogen-bond acceptors (Lipinski definition) is 7. The first-order valence-electron chi connectivity index (χ1n) is 14.2. The maximum absolute atomic E-state index is 13.8. The van der Waals surface area contributed by atoms with Crippen molar-refractivity contribution in [2.45, 2.75) is 22.9 Å². The minimum absolute atomic E-state index is 0.0614. The predicted octanol–water partition coefficient (Wildman–Crippen LogP) is 6.48. The molecule has 0 atom stereocenters. The molecule has 1 aliphatic heterocycles. The molecule has 5 aromatic rings. The number of anilines is 1. The number of ether oxygens (including phenoxy) is 1. The van der Waals surface area contributed by atoms with E-state index in [1.165, 1.54) is 11.1 Å². The van der Waals surface area contributed by atoms with E-state index in [4.69, 9.17) is 9.15 Å². The maximum Gasteiger partial charge on any atom is 0.236 e. The summed E-state index contributed by atoms with van der Waals surface area (Å²) in [5.74, 6) is 1.27. The highest BCUT2D eigenvalue weighted by atomic mass is 32.2. The molecule has 214 valence electrons. The third-order valence-corrected chi connectivity index (χ3v) is 9.16. The largest absolute Gasteiger partial charge is 0.494 e. The minimum atomic E-state index is -3.92. The van der Waals surface area contributed by atoms with Crippen molar-refractivity contribution in [3.8, 4) is 17.2 Å². The molecule has 0 N–H and O–H groups in total. The van der Waals surface area contributed by atoms with Crippen LogP contribution in [0.2, 0.25) is 0 Å². The molecule has 0 saturated carbocycles. The van der Waals surface area contributed by atoms with E-state index in [9.17, 15) is 8.42 Å². The molecule has 1 saturated heterocycles. The van der Waals surface area contributed by atoms with Gasteiger partial charge in [0, 0.05) is 31.7 Å². The van der Waals surface area contributed by atoms with Gasteiger partial charge in [0.1, 0.15) is 5.75 Å². The van der Waals surface area contributed by atoms with Gasteiger partial charge in [0.25, 0.3) is 0 Å². The molecule has 1 fully saturated rings. The molecule has 0 unspecified atom stereocenters. The van der Waals surface area contributed by atoms with Crippen LogP contribution in [0.4, 0.5) is 5.88 Å². The number of rotatable bonds is 9. The maximum atomic E-state index is 13.8. The fourth-order valence-corrected chi connectivity index (χ4v) is 6.78. The van der Waals surface area contributed by atoms with Crippen LogP contribution in [0.3, 0.4) is 0 Å². The van der Waals surface area contributed by atoms with Crippen LogP contribution in [0.5, 0.6) is 5.75 Å². The third kappa shape index (κ3) is 5.68. The normalized spacial score (nSPS) is 14.3. The number of aromatic nitrogens is 1. The van der Waals surface area contributed by atoms with Crippen LogP contribution >= 0.6 is 0 Å². The third-order valence-electron chi connectivity index (χ3n) is 7.50. The molecule has 0 radical (unpaired) electrons. The fourth-order valence-electron chi connectivity index (χ4n) is 5.44. The summed E-state index contributed by atoms with van der Waals surface area (Å²) in [5, 5.41) is -0.0614. The number of piperazine rings is 1. The predicted molar refractivity (Wildman–Crippen MR) is 164 cm³/mol. The highest BCUT2D eigenvalue weighted by Crippen LogP contribution is 2.37. The zero-order valence-corrected chi connectivity index (χ0v) is 24.3. The van der Waals surface area contributed by atoms with Gasteiger partial charge in [-0.1, -0.05) is 78.9 Å². The van der Waals surface area contributed by atoms with Gasteiger partial charge in [-0.3, -0.25) is 4.90 Å². The SMILES string of the molecule is CCOc1ccc(-c2nc(S(=O)(=O)c3ccccc3)c(N3CCN(C(c4ccccc4)c4ccccc4)CC3)o2)cc1. The topological polar surface area (TPSA) is 75.9 Å². The molecule has 42 heavy (non-hydrogen) atoms. The van der Waals surface area contributed by atoms with Gasteiger partial charge >= 0.3 is 0 Å². The molecule has 0 bridgehead atoms. The van der Waals surface area contributed by atoms with Gasteiger partial charge in [0.15, 0.2) is 0 Å². The zero-order valence-electron chi connectivity index (χ0n) is 23.5. The highest BCUT2D eigenvalue weighted by Gasteiger charge is 2.34. The Balaban J connectivity index is 1.32. The van der Waals surface area contributed by atoms with Crippen molar-refractivity contribution in [1.82, 2.24) is 9.88 Å². The van der Waals surface area contributed by atoms with E-state index >= 15 is 0 Å². The monoisotopic (exact) mass is 579 g/mol. The zero-order chi connectivity index (χ0) is 28.9. The van der Waals surface area contributed by atoms with Crippen molar-refractivity contribution >= 4 is 15.7 Å². The van der Waals surface area contributed by atoms with Gasteiger partial charge in [0.05, 0.1) is 17.5 Å². The first-order valence-corrected chi connectivity index (χ1v) is 15.7. The summed E-state index contributed by atoms with van der Waals surface area (Å²) in [5.41, 5.74) is 3.13. The molecule has 7 nitrogen and oxygen atoms in total. The van der Waals surface area contributed by atoms with Crippen molar-refractivity contribution in [2.75, 3.05) is 37.7 Å². The lowest BCUT2D eigenvalue weighted by Gasteiger charge is -2.39. The lowest BCUT2D eigenvalue weighted by atomic mass is 9.96. The van der Waals surface area contributed by atoms with E-state index in [1.54, 1.807) is 30.3 Å². The van der Waals surface area contributed by atoms with E-state index in [0.717, 1.165) is 18.8 Å². The smallest absolute Gasteiger partial charge is 0.236 e. The second kappa shape index (κ2) is 12.2. The molecule has 4 aromatic carbocycles. The van der Waals surface area contributed by atoms with Crippen molar-refractivity contribution in [1.29, 1.82) is 0 Å². The van der Waals surface area contributed by atoms with Crippen LogP contribution < -0.4 is 9.64 Å². The van der Waals surface area contributed by atoms with Crippen LogP contribution in [0.15, 0.2) is 130 Å². The summed E-state index contributed by atoms with van der Waals surface area (Å²) in [7, 11) is -3.92. The summed E-state index contributed by atoms with van der Waals surface area (Å²) in [6, 6.07) is 36.8. The van der Waals surface area contributed by atoms with Crippen molar-refractivity contribution in [3.05, 3.63) is 126 Å². The van der Waals surface area contributed by atoms with E-state index in [2.05, 4.69) is 58.4 Å². The highest BCUT2D eigenvalue weighted by molar-refractivity contribution is 7.91. The van der Waals surface area contributed by atoms with E-state index in [1.807, 2.05) is 48.2 Å². The molecule has 6 rings (SSSR count). The van der Waals surface area contributed by atoms with Crippen LogP contribution in [0, 0.1) is 0 Å². The van der Waals surface area contributed by atoms with Gasteiger partial charge in [-0.2, -0.15) is 4.98 Å². The van der Waals surface area contributed by atoms with Crippen LogP contribution in [0.25, 0.3) is 11.5 Å². The standard InChI is InChI=1S/C34H33N3O4S/c1-2-40-29-20-18-28(19-21-29)32-35-33(42(38,39)30-16-10-5-11-17-30)34(41-32)37-24-22-36(23-25-37)31(26-12-6-3-7-13-26)27-14-8-4-9-15-27/h3-21,31H,2,22-25H2,1H3. The summed E-state index contributed by atoms with van der Waals surface area (Å²) in [4.78, 5) is 9.21. The van der Waals surface area contributed by atoms with Gasteiger partial charge in [-0.05, 0) is 54.4 Å². The average Bonchev–Trinajstić information content (AvgIpc) is 3.50. The van der Waals surface area contributed by atoms with Gasteiger partial charge in [-0.25, -0.2) is 8.42 Å². The molecular weight excluding hydrogens is 546 g/mol. The molecular formula is C34H33N3O4S. The average molecular weight is 580 g/mol. The Hall–Kier alpha value is -4.40. The summed E-state index contributed by atoms with van der Waals surface area (Å²) >= 11 is 0. The number of benzene rings is 4. The second-order valence-corrected chi connectivity index (χ2v) is 12.0. The number of hydrogen-bond donors (Lipinski definition) is 0.